The second kappa shape index (κ2) is 5.30. The summed E-state index contributed by atoms with van der Waals surface area (Å²) in [5.41, 5.74) is 1.59. The zero-order valence-corrected chi connectivity index (χ0v) is 12.2. The maximum Gasteiger partial charge on any atom is 0.257 e. The van der Waals surface area contributed by atoms with Crippen LogP contribution in [0.25, 0.3) is 0 Å². The first kappa shape index (κ1) is 14.6. The van der Waals surface area contributed by atoms with Crippen molar-refractivity contribution in [3.8, 4) is 0 Å². The predicted octanol–water partition coefficient (Wildman–Crippen LogP) is 0.850. The minimum atomic E-state index is -1.19. The molecule has 0 bridgehead atoms. The molecule has 0 radical (unpaired) electrons. The van der Waals surface area contributed by atoms with E-state index in [2.05, 4.69) is 5.32 Å². The van der Waals surface area contributed by atoms with Crippen LogP contribution < -0.4 is 10.2 Å². The number of aliphatic hydroxyl groups is 1. The van der Waals surface area contributed by atoms with Gasteiger partial charge in [0.05, 0.1) is 17.3 Å². The summed E-state index contributed by atoms with van der Waals surface area (Å²) in [5, 5.41) is 12.6. The van der Waals surface area contributed by atoms with Crippen molar-refractivity contribution >= 4 is 34.8 Å². The first-order valence-electron chi connectivity index (χ1n) is 6.05. The van der Waals surface area contributed by atoms with Crippen LogP contribution >= 0.6 is 11.6 Å². The van der Waals surface area contributed by atoms with Gasteiger partial charge >= 0.3 is 0 Å². The number of aliphatic hydroxyl groups excluding tert-OH is 1. The van der Waals surface area contributed by atoms with E-state index in [0.717, 1.165) is 0 Å². The maximum atomic E-state index is 11.7. The molecule has 20 heavy (non-hydrogen) atoms. The minimum Gasteiger partial charge on any atom is -0.378 e. The summed E-state index contributed by atoms with van der Waals surface area (Å²) in [5.74, 6) is -0.534. The highest BCUT2D eigenvalue weighted by molar-refractivity contribution is 6.33. The zero-order chi connectivity index (χ0) is 15.0. The lowest BCUT2D eigenvalue weighted by Crippen LogP contribution is -2.34. The van der Waals surface area contributed by atoms with Crippen molar-refractivity contribution in [1.82, 2.24) is 4.90 Å². The fourth-order valence-corrected chi connectivity index (χ4v) is 2.29. The van der Waals surface area contributed by atoms with Crippen molar-refractivity contribution < 1.29 is 14.7 Å². The standard InChI is InChI=1S/C13H16ClN3O3/c1-16(2)11(18)6-17(3)10-5-9-7(4-8(10)14)12(19)13(20)15-9/h4-5,12,19H,6H2,1-3H3,(H,15,20). The Labute approximate surface area is 121 Å². The normalized spacial score (nSPS) is 16.6. The molecule has 1 aromatic carbocycles. The Morgan fingerprint density at radius 2 is 2.05 bits per heavy atom. The molecule has 1 aromatic rings. The van der Waals surface area contributed by atoms with E-state index in [1.165, 1.54) is 4.90 Å². The van der Waals surface area contributed by atoms with Gasteiger partial charge in [0.1, 0.15) is 0 Å². The smallest absolute Gasteiger partial charge is 0.257 e. The van der Waals surface area contributed by atoms with Crippen molar-refractivity contribution in [2.75, 3.05) is 37.9 Å². The highest BCUT2D eigenvalue weighted by Gasteiger charge is 2.30. The van der Waals surface area contributed by atoms with Gasteiger partial charge in [-0.15, -0.1) is 0 Å². The molecule has 108 valence electrons. The van der Waals surface area contributed by atoms with Crippen LogP contribution in [0.5, 0.6) is 0 Å². The first-order chi connectivity index (χ1) is 9.31. The van der Waals surface area contributed by atoms with Crippen LogP contribution in [-0.4, -0.2) is 49.5 Å². The Balaban J connectivity index is 2.28. The highest BCUT2D eigenvalue weighted by Crippen LogP contribution is 2.38. The average Bonchev–Trinajstić information content (AvgIpc) is 2.64. The largest absolute Gasteiger partial charge is 0.378 e. The Bertz CT molecular complexity index is 574. The van der Waals surface area contributed by atoms with E-state index in [9.17, 15) is 14.7 Å². The molecule has 0 saturated carbocycles. The molecule has 0 fully saturated rings. The van der Waals surface area contributed by atoms with Gasteiger partial charge in [0, 0.05) is 32.4 Å². The van der Waals surface area contributed by atoms with E-state index in [1.54, 1.807) is 38.2 Å². The van der Waals surface area contributed by atoms with E-state index in [1.807, 2.05) is 0 Å². The summed E-state index contributed by atoms with van der Waals surface area (Å²) in [6, 6.07) is 3.21. The Kier molecular flexibility index (Phi) is 3.87. The molecule has 0 spiro atoms. The number of benzene rings is 1. The summed E-state index contributed by atoms with van der Waals surface area (Å²) in [6.45, 7) is 0.169. The van der Waals surface area contributed by atoms with Crippen molar-refractivity contribution in [2.24, 2.45) is 0 Å². The van der Waals surface area contributed by atoms with Crippen LogP contribution in [0.15, 0.2) is 12.1 Å². The van der Waals surface area contributed by atoms with Crippen LogP contribution in [0.4, 0.5) is 11.4 Å². The molecule has 1 heterocycles. The van der Waals surface area contributed by atoms with Gasteiger partial charge in [-0.2, -0.15) is 0 Å². The number of carbonyl (C=O) groups excluding carboxylic acids is 2. The quantitative estimate of drug-likeness (QED) is 0.867. The van der Waals surface area contributed by atoms with Gasteiger partial charge in [-0.1, -0.05) is 11.6 Å². The molecular formula is C13H16ClN3O3. The number of rotatable bonds is 3. The zero-order valence-electron chi connectivity index (χ0n) is 11.5. The second-order valence-corrected chi connectivity index (χ2v) is 5.33. The molecule has 7 heteroatoms. The SMILES string of the molecule is CN(C)C(=O)CN(C)c1cc2c(cc1Cl)C(O)C(=O)N2. The van der Waals surface area contributed by atoms with Gasteiger partial charge in [-0.3, -0.25) is 9.59 Å². The molecule has 1 aliphatic rings. The summed E-state index contributed by atoms with van der Waals surface area (Å²) in [6.07, 6.45) is -1.19. The number of fused-ring (bicyclic) bond motifs is 1. The monoisotopic (exact) mass is 297 g/mol. The molecule has 1 aliphatic heterocycles. The van der Waals surface area contributed by atoms with Gasteiger partial charge < -0.3 is 20.2 Å². The van der Waals surface area contributed by atoms with Crippen molar-refractivity contribution in [3.63, 3.8) is 0 Å². The van der Waals surface area contributed by atoms with Gasteiger partial charge in [-0.05, 0) is 12.1 Å². The number of likely N-dealkylation sites (N-methyl/N-ethyl adjacent to an activating group) is 2. The third kappa shape index (κ3) is 2.57. The summed E-state index contributed by atoms with van der Waals surface area (Å²) in [4.78, 5) is 26.3. The molecule has 0 aliphatic carbocycles. The number of nitrogens with zero attached hydrogens (tertiary/aromatic N) is 2. The number of amides is 2. The van der Waals surface area contributed by atoms with E-state index in [-0.39, 0.29) is 12.5 Å². The molecule has 2 N–H and O–H groups in total. The topological polar surface area (TPSA) is 72.9 Å². The number of nitrogens with one attached hydrogen (secondary N) is 1. The maximum absolute atomic E-state index is 11.7. The number of hydrogen-bond acceptors (Lipinski definition) is 4. The van der Waals surface area contributed by atoms with E-state index < -0.39 is 12.0 Å². The molecule has 0 saturated heterocycles. The van der Waals surface area contributed by atoms with Gasteiger partial charge in [0.25, 0.3) is 5.91 Å². The third-order valence-corrected chi connectivity index (χ3v) is 3.50. The summed E-state index contributed by atoms with van der Waals surface area (Å²) >= 11 is 6.16. The molecule has 2 amide bonds. The first-order valence-corrected chi connectivity index (χ1v) is 6.42. The molecule has 6 nitrogen and oxygen atoms in total. The van der Waals surface area contributed by atoms with Crippen molar-refractivity contribution in [1.29, 1.82) is 0 Å². The van der Waals surface area contributed by atoms with E-state index in [4.69, 9.17) is 11.6 Å². The lowest BCUT2D eigenvalue weighted by molar-refractivity contribution is -0.127. The lowest BCUT2D eigenvalue weighted by Gasteiger charge is -2.22. The predicted molar refractivity (Wildman–Crippen MR) is 77.0 cm³/mol. The molecule has 2 rings (SSSR count). The molecule has 1 atom stereocenters. The molecular weight excluding hydrogens is 282 g/mol. The second-order valence-electron chi connectivity index (χ2n) is 4.93. The van der Waals surface area contributed by atoms with Crippen molar-refractivity contribution in [2.45, 2.75) is 6.10 Å². The minimum absolute atomic E-state index is 0.0619. The van der Waals surface area contributed by atoms with Crippen LogP contribution in [0, 0.1) is 0 Å². The van der Waals surface area contributed by atoms with E-state index in [0.29, 0.717) is 22.0 Å². The van der Waals surface area contributed by atoms with Crippen LogP contribution in [0.2, 0.25) is 5.02 Å². The van der Waals surface area contributed by atoms with Crippen LogP contribution in [0.3, 0.4) is 0 Å². The number of hydrogen-bond donors (Lipinski definition) is 2. The summed E-state index contributed by atoms with van der Waals surface area (Å²) in [7, 11) is 5.09. The number of halogens is 1. The van der Waals surface area contributed by atoms with Crippen LogP contribution in [0.1, 0.15) is 11.7 Å². The van der Waals surface area contributed by atoms with Gasteiger partial charge in [-0.25, -0.2) is 0 Å². The highest BCUT2D eigenvalue weighted by atomic mass is 35.5. The van der Waals surface area contributed by atoms with Gasteiger partial charge in [0.2, 0.25) is 5.91 Å². The fourth-order valence-electron chi connectivity index (χ4n) is 1.98. The molecule has 0 aromatic heterocycles. The fraction of sp³-hybridized carbons (Fsp3) is 0.385. The van der Waals surface area contributed by atoms with Crippen LogP contribution in [-0.2, 0) is 9.59 Å². The van der Waals surface area contributed by atoms with Gasteiger partial charge in [0.15, 0.2) is 6.10 Å². The third-order valence-electron chi connectivity index (χ3n) is 3.20. The number of anilines is 2. The molecule has 1 unspecified atom stereocenters. The van der Waals surface area contributed by atoms with E-state index >= 15 is 0 Å². The average molecular weight is 298 g/mol. The Hall–Kier alpha value is -1.79. The Morgan fingerprint density at radius 1 is 1.40 bits per heavy atom. The Morgan fingerprint density at radius 3 is 2.65 bits per heavy atom. The number of carbonyl (C=O) groups is 2. The summed E-state index contributed by atoms with van der Waals surface area (Å²) < 4.78 is 0. The van der Waals surface area contributed by atoms with Crippen molar-refractivity contribution in [3.05, 3.63) is 22.7 Å². The lowest BCUT2D eigenvalue weighted by atomic mass is 10.1.